The van der Waals surface area contributed by atoms with Gasteiger partial charge in [0.05, 0.1) is 5.69 Å². The molecule has 2 aromatic heterocycles. The van der Waals surface area contributed by atoms with Crippen molar-refractivity contribution in [2.24, 2.45) is 5.92 Å². The molecule has 1 unspecified atom stereocenters. The smallest absolute Gasteiger partial charge is 0.267 e. The van der Waals surface area contributed by atoms with E-state index in [1.54, 1.807) is 12.3 Å². The van der Waals surface area contributed by atoms with Gasteiger partial charge >= 0.3 is 0 Å². The number of nitrogens with zero attached hydrogens (tertiary/aromatic N) is 4. The Kier molecular flexibility index (Phi) is 4.55. The van der Waals surface area contributed by atoms with Crippen LogP contribution >= 0.6 is 0 Å². The van der Waals surface area contributed by atoms with Crippen LogP contribution in [0, 0.1) is 12.8 Å². The van der Waals surface area contributed by atoms with Crippen LogP contribution in [0.4, 0.5) is 0 Å². The van der Waals surface area contributed by atoms with E-state index < -0.39 is 0 Å². The first-order chi connectivity index (χ1) is 11.1. The summed E-state index contributed by atoms with van der Waals surface area (Å²) in [5.74, 6) is 0.384. The minimum atomic E-state index is -0.241. The lowest BCUT2D eigenvalue weighted by molar-refractivity contribution is -0.133. The van der Waals surface area contributed by atoms with Crippen LogP contribution in [-0.4, -0.2) is 43.9 Å². The molecular formula is C16H21N5O2. The number of likely N-dealkylation sites (tertiary alicyclic amines) is 1. The molecule has 122 valence electrons. The minimum Gasteiger partial charge on any atom is -0.341 e. The van der Waals surface area contributed by atoms with E-state index >= 15 is 0 Å². The molecule has 1 saturated heterocycles. The molecule has 1 fully saturated rings. The Morgan fingerprint density at radius 1 is 1.39 bits per heavy atom. The average Bonchev–Trinajstić information content (AvgIpc) is 3.04. The van der Waals surface area contributed by atoms with Gasteiger partial charge in [0.2, 0.25) is 5.91 Å². The fourth-order valence-electron chi connectivity index (χ4n) is 3.06. The van der Waals surface area contributed by atoms with Crippen molar-refractivity contribution in [3.05, 3.63) is 46.1 Å². The van der Waals surface area contributed by atoms with Gasteiger partial charge in [0.25, 0.3) is 5.56 Å². The zero-order valence-corrected chi connectivity index (χ0v) is 13.2. The predicted molar refractivity (Wildman–Crippen MR) is 84.8 cm³/mol. The number of piperidine rings is 1. The third-order valence-electron chi connectivity index (χ3n) is 4.22. The molecule has 1 N–H and O–H groups in total. The van der Waals surface area contributed by atoms with Crippen molar-refractivity contribution in [1.82, 2.24) is 24.9 Å². The Balaban J connectivity index is 1.62. The Morgan fingerprint density at radius 3 is 3.04 bits per heavy atom. The highest BCUT2D eigenvalue weighted by atomic mass is 16.2. The maximum atomic E-state index is 12.5. The standard InChI is InChI=1S/C16H21N5O2/c1-12-4-5-15(22)21(19-12)11-16(23)20-8-2-3-13(10-20)9-14-6-7-17-18-14/h4-7,13H,2-3,8-11H2,1H3,(H,17,18). The highest BCUT2D eigenvalue weighted by molar-refractivity contribution is 5.76. The molecule has 0 saturated carbocycles. The second kappa shape index (κ2) is 6.76. The van der Waals surface area contributed by atoms with Gasteiger partial charge in [-0.2, -0.15) is 10.2 Å². The molecule has 7 heteroatoms. The normalized spacial score (nSPS) is 18.1. The largest absolute Gasteiger partial charge is 0.341 e. The maximum absolute atomic E-state index is 12.5. The van der Waals surface area contributed by atoms with Crippen LogP contribution in [0.5, 0.6) is 0 Å². The van der Waals surface area contributed by atoms with Crippen LogP contribution in [0.3, 0.4) is 0 Å². The number of carbonyl (C=O) groups is 1. The van der Waals surface area contributed by atoms with E-state index in [9.17, 15) is 9.59 Å². The number of carbonyl (C=O) groups excluding carboxylic acids is 1. The van der Waals surface area contributed by atoms with E-state index in [4.69, 9.17) is 0 Å². The van der Waals surface area contributed by atoms with Crippen molar-refractivity contribution in [3.8, 4) is 0 Å². The van der Waals surface area contributed by atoms with Gasteiger partial charge in [-0.1, -0.05) is 0 Å². The second-order valence-corrected chi connectivity index (χ2v) is 6.10. The van der Waals surface area contributed by atoms with Crippen LogP contribution in [0.1, 0.15) is 24.2 Å². The lowest BCUT2D eigenvalue weighted by Crippen LogP contribution is -2.43. The number of amides is 1. The van der Waals surface area contributed by atoms with Crippen molar-refractivity contribution in [3.63, 3.8) is 0 Å². The number of hydrogen-bond acceptors (Lipinski definition) is 4. The summed E-state index contributed by atoms with van der Waals surface area (Å²) in [5.41, 5.74) is 1.59. The zero-order chi connectivity index (χ0) is 16.2. The van der Waals surface area contributed by atoms with Gasteiger partial charge in [0, 0.05) is 31.0 Å². The fourth-order valence-corrected chi connectivity index (χ4v) is 3.06. The molecule has 3 rings (SSSR count). The molecule has 0 aliphatic carbocycles. The van der Waals surface area contributed by atoms with E-state index in [1.807, 2.05) is 17.9 Å². The minimum absolute atomic E-state index is 0.0112. The molecule has 0 radical (unpaired) electrons. The number of aromatic nitrogens is 4. The van der Waals surface area contributed by atoms with Crippen molar-refractivity contribution >= 4 is 5.91 Å². The molecule has 0 bridgehead atoms. The van der Waals surface area contributed by atoms with Crippen LogP contribution < -0.4 is 5.56 Å². The summed E-state index contributed by atoms with van der Waals surface area (Å²) in [6, 6.07) is 5.08. The van der Waals surface area contributed by atoms with Crippen molar-refractivity contribution in [2.75, 3.05) is 13.1 Å². The van der Waals surface area contributed by atoms with E-state index in [0.717, 1.165) is 43.7 Å². The first kappa shape index (κ1) is 15.5. The molecule has 1 aliphatic rings. The third-order valence-corrected chi connectivity index (χ3v) is 4.22. The van der Waals surface area contributed by atoms with E-state index in [0.29, 0.717) is 5.92 Å². The number of H-pyrrole nitrogens is 1. The quantitative estimate of drug-likeness (QED) is 0.902. The average molecular weight is 315 g/mol. The summed E-state index contributed by atoms with van der Waals surface area (Å²) < 4.78 is 1.25. The molecule has 1 aliphatic heterocycles. The van der Waals surface area contributed by atoms with Gasteiger partial charge in [-0.05, 0) is 44.2 Å². The third kappa shape index (κ3) is 3.85. The molecule has 7 nitrogen and oxygen atoms in total. The van der Waals surface area contributed by atoms with Crippen LogP contribution in [0.15, 0.2) is 29.2 Å². The van der Waals surface area contributed by atoms with E-state index in [2.05, 4.69) is 15.3 Å². The summed E-state index contributed by atoms with van der Waals surface area (Å²) >= 11 is 0. The number of rotatable bonds is 4. The first-order valence-corrected chi connectivity index (χ1v) is 7.92. The summed E-state index contributed by atoms with van der Waals surface area (Å²) in [6.45, 7) is 3.29. The summed E-state index contributed by atoms with van der Waals surface area (Å²) in [4.78, 5) is 26.1. The zero-order valence-electron chi connectivity index (χ0n) is 13.2. The monoisotopic (exact) mass is 315 g/mol. The van der Waals surface area contributed by atoms with Crippen molar-refractivity contribution < 1.29 is 4.79 Å². The Bertz CT molecular complexity index is 722. The van der Waals surface area contributed by atoms with Gasteiger partial charge < -0.3 is 4.90 Å². The molecule has 1 atom stereocenters. The van der Waals surface area contributed by atoms with E-state index in [-0.39, 0.29) is 18.0 Å². The van der Waals surface area contributed by atoms with Crippen molar-refractivity contribution in [2.45, 2.75) is 32.7 Å². The molecule has 0 spiro atoms. The molecule has 2 aromatic rings. The Labute approximate surface area is 134 Å². The topological polar surface area (TPSA) is 83.9 Å². The Hall–Kier alpha value is -2.44. The predicted octanol–water partition coefficient (Wildman–Crippen LogP) is 0.756. The van der Waals surface area contributed by atoms with Gasteiger partial charge in [0.1, 0.15) is 6.54 Å². The highest BCUT2D eigenvalue weighted by Crippen LogP contribution is 2.20. The molecule has 3 heterocycles. The fraction of sp³-hybridized carbons (Fsp3) is 0.500. The van der Waals surface area contributed by atoms with Crippen LogP contribution in [0.25, 0.3) is 0 Å². The van der Waals surface area contributed by atoms with Crippen LogP contribution in [-0.2, 0) is 17.8 Å². The molecule has 0 aromatic carbocycles. The molecular weight excluding hydrogens is 294 g/mol. The lowest BCUT2D eigenvalue weighted by atomic mass is 9.93. The molecule has 23 heavy (non-hydrogen) atoms. The number of nitrogens with one attached hydrogen (secondary N) is 1. The Morgan fingerprint density at radius 2 is 2.26 bits per heavy atom. The van der Waals surface area contributed by atoms with Crippen molar-refractivity contribution in [1.29, 1.82) is 0 Å². The summed E-state index contributed by atoms with van der Waals surface area (Å²) in [6.07, 6.45) is 4.73. The lowest BCUT2D eigenvalue weighted by Gasteiger charge is -2.32. The maximum Gasteiger partial charge on any atom is 0.267 e. The van der Waals surface area contributed by atoms with Gasteiger partial charge in [0.15, 0.2) is 0 Å². The van der Waals surface area contributed by atoms with Gasteiger partial charge in [-0.15, -0.1) is 0 Å². The van der Waals surface area contributed by atoms with Crippen LogP contribution in [0.2, 0.25) is 0 Å². The van der Waals surface area contributed by atoms with Gasteiger partial charge in [-0.25, -0.2) is 4.68 Å². The number of aromatic amines is 1. The second-order valence-electron chi connectivity index (χ2n) is 6.10. The first-order valence-electron chi connectivity index (χ1n) is 7.92. The highest BCUT2D eigenvalue weighted by Gasteiger charge is 2.24. The SMILES string of the molecule is Cc1ccc(=O)n(CC(=O)N2CCCC(Cc3ccn[nH]3)C2)n1. The number of hydrogen-bond donors (Lipinski definition) is 1. The van der Waals surface area contributed by atoms with Gasteiger partial charge in [-0.3, -0.25) is 14.7 Å². The number of aryl methyl sites for hydroxylation is 1. The van der Waals surface area contributed by atoms with E-state index in [1.165, 1.54) is 10.7 Å². The molecule has 1 amide bonds. The summed E-state index contributed by atoms with van der Waals surface area (Å²) in [7, 11) is 0. The summed E-state index contributed by atoms with van der Waals surface area (Å²) in [5, 5.41) is 11.1.